The monoisotopic (exact) mass is 542 g/mol. The Kier molecular flexibility index (Phi) is 5.43. The van der Waals surface area contributed by atoms with E-state index in [1.165, 1.54) is 11.1 Å². The molecule has 2 aromatic rings. The number of aliphatic hydroxyl groups excluding tert-OH is 1. The number of nitriles is 1. The second-order valence-electron chi connectivity index (χ2n) is 10.8. The quantitative estimate of drug-likeness (QED) is 0.353. The molecule has 1 fully saturated rings. The molecule has 2 heterocycles. The van der Waals surface area contributed by atoms with Crippen LogP contribution in [0.5, 0.6) is 0 Å². The third kappa shape index (κ3) is 3.33. The average Bonchev–Trinajstić information content (AvgIpc) is 3.27. The van der Waals surface area contributed by atoms with Crippen molar-refractivity contribution in [1.82, 2.24) is 4.98 Å². The third-order valence-electron chi connectivity index (χ3n) is 7.52. The summed E-state index contributed by atoms with van der Waals surface area (Å²) in [7, 11) is 0. The molecule has 3 aliphatic rings. The summed E-state index contributed by atoms with van der Waals surface area (Å²) in [4.78, 5) is 5.22. The van der Waals surface area contributed by atoms with Crippen molar-refractivity contribution in [2.75, 3.05) is 0 Å². The predicted octanol–water partition coefficient (Wildman–Crippen LogP) is 6.38. The molecule has 168 valence electrons. The molecule has 5 heteroatoms. The lowest BCUT2D eigenvalue weighted by Crippen LogP contribution is -2.35. The molecule has 32 heavy (non-hydrogen) atoms. The molecule has 4 atom stereocenters. The number of rotatable bonds is 2. The van der Waals surface area contributed by atoms with Crippen molar-refractivity contribution in [2.45, 2.75) is 87.5 Å². The van der Waals surface area contributed by atoms with Gasteiger partial charge in [-0.3, -0.25) is 4.98 Å². The number of ether oxygens (including phenoxy) is 1. The Balaban J connectivity index is 1.80. The van der Waals surface area contributed by atoms with Gasteiger partial charge in [0.2, 0.25) is 0 Å². The minimum atomic E-state index is -0.513. The first-order chi connectivity index (χ1) is 15.2. The molecule has 1 saturated carbocycles. The summed E-state index contributed by atoms with van der Waals surface area (Å²) < 4.78 is 7.43. The van der Waals surface area contributed by atoms with Crippen LogP contribution in [0.4, 0.5) is 0 Å². The van der Waals surface area contributed by atoms with E-state index >= 15 is 0 Å². The molecule has 1 N–H and O–H groups in total. The number of hydrogen-bond acceptors (Lipinski definition) is 4. The Morgan fingerprint density at radius 2 is 1.94 bits per heavy atom. The van der Waals surface area contributed by atoms with Gasteiger partial charge in [-0.1, -0.05) is 62.4 Å². The van der Waals surface area contributed by atoms with Crippen LogP contribution >= 0.6 is 22.6 Å². The van der Waals surface area contributed by atoms with Gasteiger partial charge in [0.1, 0.15) is 11.7 Å². The van der Waals surface area contributed by atoms with Crippen molar-refractivity contribution in [1.29, 1.82) is 5.26 Å². The van der Waals surface area contributed by atoms with Gasteiger partial charge in [-0.15, -0.1) is 0 Å². The van der Waals surface area contributed by atoms with E-state index in [0.717, 1.165) is 54.6 Å². The third-order valence-corrected chi connectivity index (χ3v) is 9.15. The normalized spacial score (nSPS) is 30.4. The second kappa shape index (κ2) is 7.78. The molecule has 0 radical (unpaired) electrons. The van der Waals surface area contributed by atoms with Gasteiger partial charge in [0.25, 0.3) is 0 Å². The molecule has 1 aromatic heterocycles. The van der Waals surface area contributed by atoms with E-state index in [2.05, 4.69) is 56.4 Å². The van der Waals surface area contributed by atoms with Crippen LogP contribution in [0.25, 0.3) is 0 Å². The van der Waals surface area contributed by atoms with Crippen molar-refractivity contribution in [3.8, 4) is 6.07 Å². The van der Waals surface area contributed by atoms with E-state index in [1.807, 2.05) is 24.3 Å². The summed E-state index contributed by atoms with van der Waals surface area (Å²) in [6.07, 6.45) is 4.13. The van der Waals surface area contributed by atoms with E-state index in [0.29, 0.717) is 9.49 Å². The number of fused-ring (bicyclic) bond motifs is 4. The lowest BCUT2D eigenvalue weighted by molar-refractivity contribution is -0.0516. The largest absolute Gasteiger partial charge is 0.388 e. The average molecular weight is 542 g/mol. The molecular weight excluding hydrogens is 511 g/mol. The summed E-state index contributed by atoms with van der Waals surface area (Å²) in [6, 6.07) is 10.0. The van der Waals surface area contributed by atoms with Crippen LogP contribution in [0.15, 0.2) is 24.3 Å². The number of pyridine rings is 1. The summed E-state index contributed by atoms with van der Waals surface area (Å²) in [6.45, 7) is 8.87. The van der Waals surface area contributed by atoms with Crippen LogP contribution < -0.4 is 0 Å². The number of hydrogen-bond donors (Lipinski definition) is 1. The molecular formula is C27H31IN2O2. The fraction of sp³-hybridized carbons (Fsp3) is 0.556. The Morgan fingerprint density at radius 3 is 2.53 bits per heavy atom. The molecule has 0 bridgehead atoms. The number of aliphatic hydroxyl groups is 1. The molecule has 2 unspecified atom stereocenters. The SMILES string of the molecule is CC(C)c1nc2c(c3c1[C@@H](c1ccc(C#N)cc1)OC31CCCC1I)[C@@H](O)CC(C)(C)C2. The number of aromatic nitrogens is 1. The molecule has 0 amide bonds. The van der Waals surface area contributed by atoms with Gasteiger partial charge in [0.15, 0.2) is 0 Å². The van der Waals surface area contributed by atoms with Crippen LogP contribution in [0.1, 0.15) is 111 Å². The fourth-order valence-electron chi connectivity index (χ4n) is 6.13. The highest BCUT2D eigenvalue weighted by atomic mass is 127. The van der Waals surface area contributed by atoms with Crippen molar-refractivity contribution in [3.63, 3.8) is 0 Å². The molecule has 4 nitrogen and oxygen atoms in total. The van der Waals surface area contributed by atoms with E-state index in [1.54, 1.807) is 0 Å². The molecule has 1 spiro atoms. The maximum Gasteiger partial charge on any atom is 0.111 e. The van der Waals surface area contributed by atoms with Crippen LogP contribution in [0.2, 0.25) is 0 Å². The molecule has 1 aliphatic heterocycles. The van der Waals surface area contributed by atoms with Gasteiger partial charge in [0, 0.05) is 32.0 Å². The van der Waals surface area contributed by atoms with Crippen LogP contribution in [0, 0.1) is 16.7 Å². The first-order valence-corrected chi connectivity index (χ1v) is 13.0. The van der Waals surface area contributed by atoms with Gasteiger partial charge in [-0.25, -0.2) is 0 Å². The lowest BCUT2D eigenvalue weighted by Gasteiger charge is -2.39. The zero-order chi connectivity index (χ0) is 22.8. The summed E-state index contributed by atoms with van der Waals surface area (Å²) in [5.41, 5.74) is 6.98. The molecule has 1 aromatic carbocycles. The van der Waals surface area contributed by atoms with Crippen molar-refractivity contribution < 1.29 is 9.84 Å². The first-order valence-electron chi connectivity index (χ1n) is 11.7. The first kappa shape index (κ1) is 22.3. The molecule has 0 saturated heterocycles. The minimum Gasteiger partial charge on any atom is -0.388 e. The van der Waals surface area contributed by atoms with E-state index < -0.39 is 6.10 Å². The standard InChI is InChI=1S/C27H31IN2O2/c1-15(2)24-22-23(21-18(30-24)12-26(3,4)13-19(21)31)27(11-5-6-20(27)28)32-25(22)17-9-7-16(14-29)8-10-17/h7-10,15,19-20,25,31H,5-6,11-13H2,1-4H3/t19-,20?,25+,27?/m0/s1. The Bertz CT molecular complexity index is 1100. The Hall–Kier alpha value is -1.49. The van der Waals surface area contributed by atoms with Gasteiger partial charge in [-0.05, 0) is 61.1 Å². The van der Waals surface area contributed by atoms with Crippen LogP contribution in [-0.4, -0.2) is 14.0 Å². The van der Waals surface area contributed by atoms with Gasteiger partial charge in [-0.2, -0.15) is 5.26 Å². The molecule has 5 rings (SSSR count). The van der Waals surface area contributed by atoms with E-state index in [4.69, 9.17) is 9.72 Å². The summed E-state index contributed by atoms with van der Waals surface area (Å²) >= 11 is 2.57. The lowest BCUT2D eigenvalue weighted by atomic mass is 9.70. The maximum absolute atomic E-state index is 11.4. The zero-order valence-electron chi connectivity index (χ0n) is 19.3. The van der Waals surface area contributed by atoms with Crippen molar-refractivity contribution in [3.05, 3.63) is 63.5 Å². The van der Waals surface area contributed by atoms with Crippen LogP contribution in [-0.2, 0) is 16.8 Å². The maximum atomic E-state index is 11.4. The van der Waals surface area contributed by atoms with E-state index in [-0.39, 0.29) is 23.0 Å². The highest BCUT2D eigenvalue weighted by Gasteiger charge is 2.56. The summed E-state index contributed by atoms with van der Waals surface area (Å²) in [5, 5.41) is 20.7. The number of benzene rings is 1. The Morgan fingerprint density at radius 1 is 1.22 bits per heavy atom. The predicted molar refractivity (Wildman–Crippen MR) is 133 cm³/mol. The zero-order valence-corrected chi connectivity index (χ0v) is 21.4. The topological polar surface area (TPSA) is 66.1 Å². The number of alkyl halides is 1. The van der Waals surface area contributed by atoms with Gasteiger partial charge in [0.05, 0.1) is 17.7 Å². The number of halogens is 1. The van der Waals surface area contributed by atoms with Gasteiger partial charge >= 0.3 is 0 Å². The smallest absolute Gasteiger partial charge is 0.111 e. The number of nitrogens with zero attached hydrogens (tertiary/aromatic N) is 2. The van der Waals surface area contributed by atoms with E-state index in [9.17, 15) is 10.4 Å². The summed E-state index contributed by atoms with van der Waals surface area (Å²) in [5.74, 6) is 0.255. The molecule has 2 aliphatic carbocycles. The van der Waals surface area contributed by atoms with Crippen molar-refractivity contribution in [2.24, 2.45) is 5.41 Å². The Labute approximate surface area is 204 Å². The fourth-order valence-corrected chi connectivity index (χ4v) is 7.34. The minimum absolute atomic E-state index is 0.0282. The van der Waals surface area contributed by atoms with Gasteiger partial charge < -0.3 is 9.84 Å². The van der Waals surface area contributed by atoms with Crippen LogP contribution in [0.3, 0.4) is 0 Å². The second-order valence-corrected chi connectivity index (χ2v) is 12.3. The highest BCUT2D eigenvalue weighted by molar-refractivity contribution is 14.1. The van der Waals surface area contributed by atoms with Crippen molar-refractivity contribution >= 4 is 22.6 Å². The highest BCUT2D eigenvalue weighted by Crippen LogP contribution is 2.61.